The van der Waals surface area contributed by atoms with Crippen LogP contribution in [0.5, 0.6) is 11.5 Å². The quantitative estimate of drug-likeness (QED) is 0.0300. The number of nitrogens with zero attached hydrogens (tertiary/aromatic N) is 6. The van der Waals surface area contributed by atoms with E-state index in [1.807, 2.05) is 99.6 Å². The minimum absolute atomic E-state index is 0.0582. The first-order valence-electron chi connectivity index (χ1n) is 17.9. The monoisotopic (exact) mass is 777 g/mol. The molecule has 2 aromatic heterocycles. The molecule has 290 valence electrons. The Hall–Kier alpha value is -5.60. The van der Waals surface area contributed by atoms with Gasteiger partial charge in [-0.05, 0) is 53.8 Å². The average Bonchev–Trinajstić information content (AvgIpc) is 3.79. The van der Waals surface area contributed by atoms with Gasteiger partial charge in [0.05, 0.1) is 52.4 Å². The van der Waals surface area contributed by atoms with Gasteiger partial charge in [-0.2, -0.15) is 15.3 Å². The third-order valence-corrected chi connectivity index (χ3v) is 10.2. The van der Waals surface area contributed by atoms with Crippen LogP contribution in [0.3, 0.4) is 0 Å². The third-order valence-electron chi connectivity index (χ3n) is 9.07. The minimum atomic E-state index is -1.42. The molecular weight excluding hydrogens is 733 g/mol. The lowest BCUT2D eigenvalue weighted by atomic mass is 9.80. The SMILES string of the molecule is CC#Cc1nn([C@H]2C[C@@H](OP(C)OCCC#N)[C@@H](COC(c3ccccc3)(c3ccc(OC)cc3)c3ccc(OC)cc3)O2)c2nc(/N=C/N(C)C)[nH]c(=O)c12. The zero-order valence-corrected chi connectivity index (χ0v) is 33.0. The van der Waals surface area contributed by atoms with Crippen LogP contribution < -0.4 is 15.0 Å². The van der Waals surface area contributed by atoms with Gasteiger partial charge in [-0.15, -0.1) is 0 Å². The third kappa shape index (κ3) is 8.76. The van der Waals surface area contributed by atoms with Crippen LogP contribution in [0.4, 0.5) is 5.95 Å². The lowest BCUT2D eigenvalue weighted by Gasteiger charge is -2.37. The molecule has 0 amide bonds. The van der Waals surface area contributed by atoms with E-state index < -0.39 is 38.0 Å². The van der Waals surface area contributed by atoms with Gasteiger partial charge in [0.15, 0.2) is 25.9 Å². The molecule has 0 radical (unpaired) electrons. The molecule has 1 saturated heterocycles. The highest BCUT2D eigenvalue weighted by molar-refractivity contribution is 7.46. The Labute approximate surface area is 326 Å². The predicted octanol–water partition coefficient (Wildman–Crippen LogP) is 6.28. The van der Waals surface area contributed by atoms with Crippen LogP contribution in [0.25, 0.3) is 11.0 Å². The van der Waals surface area contributed by atoms with E-state index >= 15 is 0 Å². The van der Waals surface area contributed by atoms with Gasteiger partial charge in [-0.3, -0.25) is 9.78 Å². The Kier molecular flexibility index (Phi) is 13.1. The van der Waals surface area contributed by atoms with Crippen molar-refractivity contribution >= 4 is 31.7 Å². The molecule has 14 nitrogen and oxygen atoms in total. The van der Waals surface area contributed by atoms with E-state index in [0.717, 1.165) is 16.7 Å². The van der Waals surface area contributed by atoms with Crippen molar-refractivity contribution in [2.24, 2.45) is 4.99 Å². The molecule has 15 heteroatoms. The standard InChI is InChI=1S/C41H44N7O7P/c1-7-12-33-37-38(44-40(45-39(37)49)43-27-47(2)3)48(46-33)36-25-34(55-56(6)53-24-11-23-42)35(54-36)26-52-41(28-13-9-8-10-14-28,29-15-19-31(50-4)20-16-29)30-17-21-32(51-5)22-18-30/h8-10,13-22,27,34-36H,11,24-26H2,1-6H3,(H,44,45,49)/b43-27+/t34-,35-,36-,56?/m1/s1. The maximum Gasteiger partial charge on any atom is 0.264 e. The number of benzene rings is 3. The smallest absolute Gasteiger partial charge is 0.264 e. The highest BCUT2D eigenvalue weighted by atomic mass is 31.2. The van der Waals surface area contributed by atoms with Crippen LogP contribution in [0.15, 0.2) is 88.6 Å². The molecule has 1 aliphatic rings. The molecule has 1 N–H and O–H groups in total. The fourth-order valence-corrected chi connectivity index (χ4v) is 7.52. The summed E-state index contributed by atoms with van der Waals surface area (Å²) < 4.78 is 39.1. The largest absolute Gasteiger partial charge is 0.497 e. The summed E-state index contributed by atoms with van der Waals surface area (Å²) in [5.74, 6) is 7.30. The van der Waals surface area contributed by atoms with Gasteiger partial charge in [-0.1, -0.05) is 60.5 Å². The molecule has 5 aromatic rings. The van der Waals surface area contributed by atoms with E-state index in [4.69, 9.17) is 38.4 Å². The number of nitrogens with one attached hydrogen (secondary N) is 1. The maximum absolute atomic E-state index is 13.4. The van der Waals surface area contributed by atoms with E-state index in [0.29, 0.717) is 17.9 Å². The minimum Gasteiger partial charge on any atom is -0.497 e. The summed E-state index contributed by atoms with van der Waals surface area (Å²) in [6, 6.07) is 27.6. The van der Waals surface area contributed by atoms with Gasteiger partial charge in [0, 0.05) is 27.2 Å². The van der Waals surface area contributed by atoms with E-state index in [1.165, 1.54) is 0 Å². The fourth-order valence-electron chi connectivity index (χ4n) is 6.50. The maximum atomic E-state index is 13.4. The number of hydrogen-bond donors (Lipinski definition) is 1. The second-order valence-corrected chi connectivity index (χ2v) is 14.3. The second kappa shape index (κ2) is 18.4. The summed E-state index contributed by atoms with van der Waals surface area (Å²) >= 11 is 0. The van der Waals surface area contributed by atoms with Crippen molar-refractivity contribution in [1.29, 1.82) is 5.26 Å². The summed E-state index contributed by atoms with van der Waals surface area (Å²) in [5, 5.41) is 14.1. The topological polar surface area (TPSA) is 158 Å². The summed E-state index contributed by atoms with van der Waals surface area (Å²) in [6.07, 6.45) is 0.144. The van der Waals surface area contributed by atoms with E-state index in [1.54, 1.807) is 37.1 Å². The van der Waals surface area contributed by atoms with Crippen LogP contribution in [0.1, 0.15) is 48.4 Å². The molecular formula is C41H44N7O7P. The fraction of sp³-hybridized carbons (Fsp3) is 0.341. The average molecular weight is 778 g/mol. The number of nitriles is 1. The first kappa shape index (κ1) is 40.1. The molecule has 0 bridgehead atoms. The number of hydrogen-bond acceptors (Lipinski definition) is 11. The Morgan fingerprint density at radius 3 is 2.27 bits per heavy atom. The van der Waals surface area contributed by atoms with E-state index in [2.05, 4.69) is 32.9 Å². The molecule has 6 rings (SSSR count). The molecule has 1 aliphatic heterocycles. The van der Waals surface area contributed by atoms with Crippen molar-refractivity contribution in [3.63, 3.8) is 0 Å². The van der Waals surface area contributed by atoms with Gasteiger partial charge >= 0.3 is 0 Å². The zero-order chi connectivity index (χ0) is 39.7. The van der Waals surface area contributed by atoms with Gasteiger partial charge in [0.1, 0.15) is 28.6 Å². The van der Waals surface area contributed by atoms with E-state index in [9.17, 15) is 4.79 Å². The summed E-state index contributed by atoms with van der Waals surface area (Å²) in [7, 11) is 5.47. The normalized spacial score (nSPS) is 17.3. The van der Waals surface area contributed by atoms with Crippen molar-refractivity contribution < 1.29 is 28.0 Å². The molecule has 56 heavy (non-hydrogen) atoms. The van der Waals surface area contributed by atoms with Gasteiger partial charge in [0.2, 0.25) is 5.95 Å². The highest BCUT2D eigenvalue weighted by Crippen LogP contribution is 2.45. The molecule has 0 aliphatic carbocycles. The number of rotatable bonds is 16. The lowest BCUT2D eigenvalue weighted by molar-refractivity contribution is -0.0922. The summed E-state index contributed by atoms with van der Waals surface area (Å²) in [5.41, 5.74) is 1.58. The molecule has 1 fully saturated rings. The number of aromatic nitrogens is 4. The van der Waals surface area contributed by atoms with Crippen LogP contribution in [0, 0.1) is 23.2 Å². The first-order valence-corrected chi connectivity index (χ1v) is 19.5. The number of fused-ring (bicyclic) bond motifs is 1. The molecule has 0 spiro atoms. The van der Waals surface area contributed by atoms with Gasteiger partial charge < -0.3 is 32.9 Å². The summed E-state index contributed by atoms with van der Waals surface area (Å²) in [6.45, 7) is 3.80. The lowest BCUT2D eigenvalue weighted by Crippen LogP contribution is -2.38. The zero-order valence-electron chi connectivity index (χ0n) is 32.1. The van der Waals surface area contributed by atoms with Crippen LogP contribution in [-0.4, -0.2) is 91.4 Å². The number of ether oxygens (including phenoxy) is 4. The summed E-state index contributed by atoms with van der Waals surface area (Å²) in [4.78, 5) is 26.9. The Morgan fingerprint density at radius 2 is 1.68 bits per heavy atom. The number of aliphatic imine (C=N–C) groups is 1. The number of H-pyrrole nitrogens is 1. The van der Waals surface area contributed by atoms with E-state index in [-0.39, 0.29) is 42.3 Å². The molecule has 0 saturated carbocycles. The van der Waals surface area contributed by atoms with Crippen molar-refractivity contribution in [1.82, 2.24) is 24.6 Å². The van der Waals surface area contributed by atoms with Crippen LogP contribution in [0.2, 0.25) is 0 Å². The predicted molar refractivity (Wildman–Crippen MR) is 213 cm³/mol. The molecule has 1 unspecified atom stereocenters. The van der Waals surface area contributed by atoms with Crippen molar-refractivity contribution in [2.75, 3.05) is 48.2 Å². The van der Waals surface area contributed by atoms with Crippen molar-refractivity contribution in [3.8, 4) is 29.4 Å². The highest BCUT2D eigenvalue weighted by Gasteiger charge is 2.44. The Bertz CT molecular complexity index is 2230. The second-order valence-electron chi connectivity index (χ2n) is 13.0. The molecule has 3 heterocycles. The van der Waals surface area contributed by atoms with Crippen LogP contribution in [-0.2, 0) is 24.1 Å². The Morgan fingerprint density at radius 1 is 1.04 bits per heavy atom. The van der Waals surface area contributed by atoms with Crippen molar-refractivity contribution in [2.45, 2.75) is 43.8 Å². The number of methoxy groups -OCH3 is 2. The first-order chi connectivity index (χ1) is 27.2. The molecule has 3 aromatic carbocycles. The number of aromatic amines is 1. The Balaban J connectivity index is 1.43. The van der Waals surface area contributed by atoms with Gasteiger partial charge in [0.25, 0.3) is 5.56 Å². The van der Waals surface area contributed by atoms with Crippen molar-refractivity contribution in [3.05, 3.63) is 112 Å². The molecule has 4 atom stereocenters. The van der Waals surface area contributed by atoms with Gasteiger partial charge in [-0.25, -0.2) is 9.67 Å². The van der Waals surface area contributed by atoms with Crippen LogP contribution >= 0.6 is 8.38 Å².